The van der Waals surface area contributed by atoms with Crippen LogP contribution in [0.5, 0.6) is 0 Å². The fourth-order valence-electron chi connectivity index (χ4n) is 6.10. The summed E-state index contributed by atoms with van der Waals surface area (Å²) in [5.74, 6) is -0.0743. The lowest BCUT2D eigenvalue weighted by Gasteiger charge is -2.35. The molecule has 50 heavy (non-hydrogen) atoms. The molecule has 3 aromatic rings. The second kappa shape index (κ2) is 17.6. The van der Waals surface area contributed by atoms with Gasteiger partial charge in [0.15, 0.2) is 0 Å². The van der Waals surface area contributed by atoms with Crippen molar-refractivity contribution in [1.29, 1.82) is 0 Å². The van der Waals surface area contributed by atoms with Gasteiger partial charge in [0.25, 0.3) is 0 Å². The molecule has 14 nitrogen and oxygen atoms in total. The topological polar surface area (TPSA) is 198 Å². The molecule has 3 amide bonds. The van der Waals surface area contributed by atoms with E-state index in [1.54, 1.807) is 16.0 Å². The summed E-state index contributed by atoms with van der Waals surface area (Å²) >= 11 is 0. The van der Waals surface area contributed by atoms with Crippen LogP contribution in [-0.2, 0) is 34.3 Å². The molecule has 1 aliphatic rings. The van der Waals surface area contributed by atoms with E-state index in [1.807, 2.05) is 58.0 Å². The Balaban J connectivity index is 1.58. The molecule has 1 fully saturated rings. The number of aliphatic hydroxyl groups excluding tert-OH is 1. The first-order valence-electron chi connectivity index (χ1n) is 17.0. The molecule has 1 aliphatic heterocycles. The van der Waals surface area contributed by atoms with Gasteiger partial charge >= 0.3 is 6.03 Å². The highest BCUT2D eigenvalue weighted by Crippen LogP contribution is 2.24. The van der Waals surface area contributed by atoms with Gasteiger partial charge in [0.2, 0.25) is 15.9 Å². The molecule has 1 saturated heterocycles. The van der Waals surface area contributed by atoms with E-state index in [1.165, 1.54) is 34.8 Å². The van der Waals surface area contributed by atoms with Crippen LogP contribution in [0.25, 0.3) is 0 Å². The molecule has 1 aromatic heterocycles. The van der Waals surface area contributed by atoms with Gasteiger partial charge in [0.1, 0.15) is 11.9 Å². The molecule has 6 N–H and O–H groups in total. The van der Waals surface area contributed by atoms with E-state index in [-0.39, 0.29) is 55.4 Å². The van der Waals surface area contributed by atoms with Gasteiger partial charge in [0, 0.05) is 32.4 Å². The average Bonchev–Trinajstić information content (AvgIpc) is 3.70. The number of amides is 3. The van der Waals surface area contributed by atoms with Gasteiger partial charge in [-0.1, -0.05) is 81.7 Å². The van der Waals surface area contributed by atoms with Gasteiger partial charge in [-0.2, -0.15) is 4.31 Å². The third kappa shape index (κ3) is 9.68. The van der Waals surface area contributed by atoms with E-state index in [2.05, 4.69) is 20.4 Å². The Labute approximate surface area is 294 Å². The summed E-state index contributed by atoms with van der Waals surface area (Å²) in [4.78, 5) is 38.6. The van der Waals surface area contributed by atoms with Gasteiger partial charge in [-0.15, -0.1) is 0 Å². The van der Waals surface area contributed by atoms with Crippen LogP contribution in [0, 0.1) is 11.8 Å². The minimum absolute atomic E-state index is 0.0205. The van der Waals surface area contributed by atoms with E-state index in [9.17, 15) is 23.1 Å². The van der Waals surface area contributed by atoms with Gasteiger partial charge in [0.05, 0.1) is 42.0 Å². The predicted octanol–water partition coefficient (Wildman–Crippen LogP) is 2.76. The van der Waals surface area contributed by atoms with E-state index >= 15 is 0 Å². The zero-order valence-corrected chi connectivity index (χ0v) is 30.0. The third-order valence-corrected chi connectivity index (χ3v) is 10.8. The van der Waals surface area contributed by atoms with Gasteiger partial charge in [-0.25, -0.2) is 18.2 Å². The molecule has 0 saturated carbocycles. The Kier molecular flexibility index (Phi) is 13.5. The smallest absolute Gasteiger partial charge is 0.321 e. The average molecular weight is 711 g/mol. The Hall–Kier alpha value is -4.31. The molecule has 0 unspecified atom stereocenters. The highest BCUT2D eigenvalue weighted by atomic mass is 32.2. The highest BCUT2D eigenvalue weighted by Gasteiger charge is 2.41. The minimum Gasteiger partial charge on any atom is -0.411 e. The molecular formula is C35H50N8O6S. The first-order chi connectivity index (χ1) is 23.9. The molecule has 272 valence electrons. The van der Waals surface area contributed by atoms with Crippen LogP contribution in [-0.4, -0.2) is 105 Å². The quantitative estimate of drug-likeness (QED) is 0.0755. The number of carbonyl (C=O) groups excluding carboxylic acids is 2. The number of carbonyl (C=O) groups is 2. The summed E-state index contributed by atoms with van der Waals surface area (Å²) in [5.41, 5.74) is 7.71. The van der Waals surface area contributed by atoms with Crippen molar-refractivity contribution in [3.05, 3.63) is 83.4 Å². The predicted molar refractivity (Wildman–Crippen MR) is 190 cm³/mol. The third-order valence-electron chi connectivity index (χ3n) is 8.92. The number of nitrogens with one attached hydrogen (secondary N) is 2. The lowest BCUT2D eigenvalue weighted by atomic mass is 9.95. The number of nitrogens with two attached hydrogens (primary N) is 1. The normalized spacial score (nSPS) is 16.4. The summed E-state index contributed by atoms with van der Waals surface area (Å²) in [7, 11) is -4.06. The monoisotopic (exact) mass is 710 g/mol. The number of rotatable bonds is 18. The van der Waals surface area contributed by atoms with Crippen molar-refractivity contribution >= 4 is 28.2 Å². The Morgan fingerprint density at radius 1 is 1.12 bits per heavy atom. The summed E-state index contributed by atoms with van der Waals surface area (Å²) in [6.45, 7) is 8.76. The second-order valence-corrected chi connectivity index (χ2v) is 15.1. The second-order valence-electron chi connectivity index (χ2n) is 13.2. The zero-order valence-electron chi connectivity index (χ0n) is 29.1. The number of urea groups is 1. The van der Waals surface area contributed by atoms with Crippen molar-refractivity contribution in [2.75, 3.05) is 26.2 Å². The Morgan fingerprint density at radius 3 is 2.42 bits per heavy atom. The number of hydrogen-bond acceptors (Lipinski definition) is 9. The van der Waals surface area contributed by atoms with E-state index < -0.39 is 34.1 Å². The zero-order chi connectivity index (χ0) is 36.4. The van der Waals surface area contributed by atoms with E-state index in [0.29, 0.717) is 36.6 Å². The van der Waals surface area contributed by atoms with Crippen LogP contribution in [0.3, 0.4) is 0 Å². The number of benzene rings is 2. The van der Waals surface area contributed by atoms with Crippen LogP contribution in [0.2, 0.25) is 0 Å². The SMILES string of the molecule is CC[C@H](C)[C@@H](C(=O)N[C@@H](Cc1ccccc1)[C@H](O)CN(CC(C)C)S(=O)(=O)c1ccc(C=NO)cc1)N1CCN(Cc2c[nH]c(CN)n2)C1=O. The number of hydrogen-bond donors (Lipinski definition) is 5. The molecule has 0 spiro atoms. The molecule has 15 heteroatoms. The lowest BCUT2D eigenvalue weighted by molar-refractivity contribution is -0.128. The maximum absolute atomic E-state index is 14.2. The minimum atomic E-state index is -4.06. The standard InChI is InChI=1S/C35H50N8O6S/c1-5-25(4)33(43-16-15-41(35(43)46)22-28-20-37-32(18-36)39-28)34(45)40-30(17-26-9-7-6-8-10-26)31(44)23-42(21-24(2)3)50(48,49)29-13-11-27(12-14-29)19-38-47/h6-14,19-20,24-25,30-31,33,44,47H,5,15-18,21-23,36H2,1-4H3,(H,37,39)(H,40,45)/t25-,30-,31+,33-/m0/s1. The van der Waals surface area contributed by atoms with Crippen molar-refractivity contribution in [1.82, 2.24) is 29.4 Å². The Morgan fingerprint density at radius 2 is 1.82 bits per heavy atom. The fourth-order valence-corrected chi connectivity index (χ4v) is 7.72. The number of aromatic nitrogens is 2. The van der Waals surface area contributed by atoms with E-state index in [0.717, 1.165) is 5.56 Å². The number of aromatic amines is 1. The maximum atomic E-state index is 14.2. The van der Waals surface area contributed by atoms with Crippen molar-refractivity contribution in [3.63, 3.8) is 0 Å². The Bertz CT molecular complexity index is 1680. The van der Waals surface area contributed by atoms with Crippen LogP contribution in [0.4, 0.5) is 4.79 Å². The number of imidazole rings is 1. The fraction of sp³-hybridized carbons (Fsp3) is 0.486. The first kappa shape index (κ1) is 38.5. The molecule has 2 aromatic carbocycles. The largest absolute Gasteiger partial charge is 0.411 e. The van der Waals surface area contributed by atoms with Crippen molar-refractivity contribution in [2.45, 2.75) is 76.7 Å². The maximum Gasteiger partial charge on any atom is 0.321 e. The van der Waals surface area contributed by atoms with Crippen molar-refractivity contribution in [2.24, 2.45) is 22.7 Å². The molecular weight excluding hydrogens is 661 g/mol. The highest BCUT2D eigenvalue weighted by molar-refractivity contribution is 7.89. The molecule has 2 heterocycles. The number of oxime groups is 1. The van der Waals surface area contributed by atoms with Crippen LogP contribution in [0.1, 0.15) is 56.8 Å². The summed E-state index contributed by atoms with van der Waals surface area (Å²) in [5, 5.41) is 26.6. The van der Waals surface area contributed by atoms with Crippen LogP contribution < -0.4 is 11.1 Å². The summed E-state index contributed by atoms with van der Waals surface area (Å²) in [6.07, 6.45) is 2.47. The van der Waals surface area contributed by atoms with Gasteiger partial charge in [-0.05, 0) is 41.5 Å². The van der Waals surface area contributed by atoms with Gasteiger partial charge in [-0.3, -0.25) is 4.79 Å². The van der Waals surface area contributed by atoms with Gasteiger partial charge < -0.3 is 36.1 Å². The molecule has 4 rings (SSSR count). The molecule has 0 aliphatic carbocycles. The van der Waals surface area contributed by atoms with Crippen molar-refractivity contribution in [3.8, 4) is 0 Å². The number of sulfonamides is 1. The number of H-pyrrole nitrogens is 1. The molecule has 0 radical (unpaired) electrons. The lowest BCUT2D eigenvalue weighted by Crippen LogP contribution is -2.57. The van der Waals surface area contributed by atoms with Crippen molar-refractivity contribution < 1.29 is 28.3 Å². The number of nitrogens with zero attached hydrogens (tertiary/aromatic N) is 5. The summed E-state index contributed by atoms with van der Waals surface area (Å²) < 4.78 is 29.0. The number of aliphatic hydroxyl groups is 1. The molecule has 4 atom stereocenters. The van der Waals surface area contributed by atoms with E-state index in [4.69, 9.17) is 10.9 Å². The van der Waals surface area contributed by atoms with Crippen LogP contribution >= 0.6 is 0 Å². The summed E-state index contributed by atoms with van der Waals surface area (Å²) in [6, 6.07) is 13.3. The van der Waals surface area contributed by atoms with Crippen LogP contribution in [0.15, 0.2) is 70.8 Å². The first-order valence-corrected chi connectivity index (χ1v) is 18.4. The molecule has 0 bridgehead atoms.